The third kappa shape index (κ3) is 10.3. The van der Waals surface area contributed by atoms with Crippen molar-refractivity contribution >= 4 is 63.5 Å². The molecule has 3 aliphatic rings. The number of hydrogen-bond acceptors (Lipinski definition) is 11. The fourth-order valence-electron chi connectivity index (χ4n) is 5.54. The summed E-state index contributed by atoms with van der Waals surface area (Å²) < 4.78 is 30.4. The molecule has 3 heterocycles. The van der Waals surface area contributed by atoms with Gasteiger partial charge in [0.1, 0.15) is 4.75 Å². The van der Waals surface area contributed by atoms with E-state index in [1.807, 2.05) is 0 Å². The van der Waals surface area contributed by atoms with Crippen LogP contribution in [0.2, 0.25) is 0 Å². The Bertz CT molecular complexity index is 1300. The average molecular weight is 692 g/mol. The van der Waals surface area contributed by atoms with Gasteiger partial charge in [-0.15, -0.1) is 16.8 Å². The number of hydroxylamine groups is 2. The number of fused-ring (bicyclic) bond motifs is 1. The van der Waals surface area contributed by atoms with Crippen molar-refractivity contribution < 1.29 is 56.5 Å². The van der Waals surface area contributed by atoms with Gasteiger partial charge in [-0.1, -0.05) is 19.3 Å². The summed E-state index contributed by atoms with van der Waals surface area (Å²) in [4.78, 5) is 88.4. The van der Waals surface area contributed by atoms with E-state index in [2.05, 4.69) is 26.1 Å². The molecule has 0 aromatic carbocycles. The molecule has 0 aromatic heterocycles. The molecule has 1 unspecified atom stereocenters. The molecular formula is C27H41N5O12S2. The number of nitrogens with one attached hydrogen (secondary N) is 4. The van der Waals surface area contributed by atoms with Gasteiger partial charge in [0.15, 0.2) is 5.25 Å². The maximum Gasteiger partial charge on any atom is 0.333 e. The van der Waals surface area contributed by atoms with Gasteiger partial charge in [0, 0.05) is 38.1 Å². The summed E-state index contributed by atoms with van der Waals surface area (Å²) >= 11 is 1.48. The summed E-state index contributed by atoms with van der Waals surface area (Å²) in [6.07, 6.45) is 4.19. The zero-order chi connectivity index (χ0) is 33.9. The minimum Gasteiger partial charge on any atom is -0.481 e. The molecule has 258 valence electrons. The van der Waals surface area contributed by atoms with Crippen LogP contribution < -0.4 is 21.3 Å². The SMILES string of the molecule is O=C(O)CCCC[C@]1(C(=O)NCCCCCC(=O)NCCCCCC(=O)ON2C(=O)CC(S(=O)(=O)O)C2=O)SC[C@@H]2NC(=O)N[C@@H]21. The molecule has 17 nitrogen and oxygen atoms in total. The van der Waals surface area contributed by atoms with Crippen LogP contribution in [0.1, 0.15) is 83.5 Å². The molecule has 0 saturated carbocycles. The van der Waals surface area contributed by atoms with E-state index in [0.717, 1.165) is 0 Å². The molecule has 3 saturated heterocycles. The van der Waals surface area contributed by atoms with E-state index in [-0.39, 0.29) is 47.8 Å². The summed E-state index contributed by atoms with van der Waals surface area (Å²) in [5, 5.41) is 18.4. The Morgan fingerprint density at radius 1 is 0.913 bits per heavy atom. The largest absolute Gasteiger partial charge is 0.481 e. The van der Waals surface area contributed by atoms with E-state index >= 15 is 0 Å². The van der Waals surface area contributed by atoms with Crippen LogP contribution >= 0.6 is 11.8 Å². The molecule has 6 N–H and O–H groups in total. The molecule has 4 atom stereocenters. The van der Waals surface area contributed by atoms with E-state index in [1.54, 1.807) is 0 Å². The molecule has 3 aliphatic heterocycles. The molecule has 3 fully saturated rings. The average Bonchev–Trinajstić information content (AvgIpc) is 3.61. The molecule has 0 aromatic rings. The highest BCUT2D eigenvalue weighted by Gasteiger charge is 2.57. The van der Waals surface area contributed by atoms with Gasteiger partial charge in [0.2, 0.25) is 11.8 Å². The lowest BCUT2D eigenvalue weighted by molar-refractivity contribution is -0.197. The van der Waals surface area contributed by atoms with Crippen LogP contribution in [0.5, 0.6) is 0 Å². The Hall–Kier alpha value is -3.45. The maximum absolute atomic E-state index is 13.3. The molecule has 19 heteroatoms. The number of urea groups is 1. The Morgan fingerprint density at radius 2 is 1.57 bits per heavy atom. The van der Waals surface area contributed by atoms with Gasteiger partial charge in [-0.05, 0) is 38.5 Å². The number of rotatable bonds is 20. The topological polar surface area (TPSA) is 255 Å². The second-order valence-corrected chi connectivity index (χ2v) is 14.4. The van der Waals surface area contributed by atoms with Gasteiger partial charge >= 0.3 is 18.0 Å². The van der Waals surface area contributed by atoms with Crippen LogP contribution in [0.4, 0.5) is 4.79 Å². The first kappa shape index (κ1) is 37.0. The number of carboxylic acid groups (broad SMARTS) is 1. The quantitative estimate of drug-likeness (QED) is 0.0426. The van der Waals surface area contributed by atoms with Crippen LogP contribution in [-0.4, -0.2) is 106 Å². The minimum absolute atomic E-state index is 0.0181. The standard InChI is InChI=1S/C27H41N5O12S2/c33-19(28-13-7-2-4-11-22(37)44-32-20(34)15-18(24(32)38)46(41,42)43)9-3-1-8-14-29-25(39)27(12-6-5-10-21(35)36)23-17(16-45-27)30-26(40)31-23/h17-18,23H,1-16H2,(H,28,33)(H,29,39)(H,35,36)(H2,30,31,40)(H,41,42,43)/t17-,18?,23-,27-/m0/s1. The molecular weight excluding hydrogens is 650 g/mol. The Kier molecular flexibility index (Phi) is 13.6. The predicted molar refractivity (Wildman–Crippen MR) is 161 cm³/mol. The van der Waals surface area contributed by atoms with Crippen LogP contribution in [0.15, 0.2) is 0 Å². The molecule has 0 radical (unpaired) electrons. The number of imide groups is 1. The monoisotopic (exact) mass is 691 g/mol. The predicted octanol–water partition coefficient (Wildman–Crippen LogP) is -0.00630. The number of carboxylic acids is 1. The van der Waals surface area contributed by atoms with E-state index in [4.69, 9.17) is 9.66 Å². The first-order valence-electron chi connectivity index (χ1n) is 15.3. The summed E-state index contributed by atoms with van der Waals surface area (Å²) in [6, 6.07) is -0.850. The van der Waals surface area contributed by atoms with Gasteiger partial charge in [0.05, 0.1) is 18.5 Å². The number of hydrogen-bond donors (Lipinski definition) is 6. The van der Waals surface area contributed by atoms with Crippen molar-refractivity contribution in [1.82, 2.24) is 26.3 Å². The van der Waals surface area contributed by atoms with Crippen molar-refractivity contribution in [3.63, 3.8) is 0 Å². The van der Waals surface area contributed by atoms with Gasteiger partial charge in [-0.3, -0.25) is 28.5 Å². The van der Waals surface area contributed by atoms with Crippen LogP contribution in [-0.2, 0) is 43.7 Å². The molecule has 6 amide bonds. The van der Waals surface area contributed by atoms with Crippen molar-refractivity contribution in [3.8, 4) is 0 Å². The lowest BCUT2D eigenvalue weighted by Crippen LogP contribution is -2.56. The highest BCUT2D eigenvalue weighted by molar-refractivity contribution is 8.01. The van der Waals surface area contributed by atoms with Gasteiger partial charge in [0.25, 0.3) is 21.9 Å². The fourth-order valence-corrected chi connectivity index (χ4v) is 7.89. The Labute approximate surface area is 270 Å². The minimum atomic E-state index is -4.79. The van der Waals surface area contributed by atoms with Crippen LogP contribution in [0.3, 0.4) is 0 Å². The first-order chi connectivity index (χ1) is 21.7. The zero-order valence-corrected chi connectivity index (χ0v) is 26.9. The van der Waals surface area contributed by atoms with Crippen LogP contribution in [0, 0.1) is 0 Å². The smallest absolute Gasteiger partial charge is 0.333 e. The van der Waals surface area contributed by atoms with Crippen LogP contribution in [0.25, 0.3) is 0 Å². The number of aliphatic carboxylic acids is 1. The third-order valence-corrected chi connectivity index (χ3v) is 10.7. The van der Waals surface area contributed by atoms with E-state index in [9.17, 15) is 42.0 Å². The first-order valence-corrected chi connectivity index (χ1v) is 17.7. The highest BCUT2D eigenvalue weighted by Crippen LogP contribution is 2.44. The highest BCUT2D eigenvalue weighted by atomic mass is 32.2. The maximum atomic E-state index is 13.3. The van der Waals surface area contributed by atoms with Crippen molar-refractivity contribution in [1.29, 1.82) is 0 Å². The Morgan fingerprint density at radius 3 is 2.22 bits per heavy atom. The molecule has 0 spiro atoms. The van der Waals surface area contributed by atoms with Gasteiger partial charge in [-0.25, -0.2) is 9.59 Å². The summed E-state index contributed by atoms with van der Waals surface area (Å²) in [5.74, 6) is -3.89. The Balaban J connectivity index is 1.24. The number of thioether (sulfide) groups is 1. The summed E-state index contributed by atoms with van der Waals surface area (Å²) in [6.45, 7) is 0.781. The van der Waals surface area contributed by atoms with Crippen molar-refractivity contribution in [2.45, 2.75) is 106 Å². The number of carbonyl (C=O) groups excluding carboxylic acids is 6. The number of amides is 6. The second-order valence-electron chi connectivity index (χ2n) is 11.4. The van der Waals surface area contributed by atoms with E-state index in [1.165, 1.54) is 11.8 Å². The van der Waals surface area contributed by atoms with E-state index in [0.29, 0.717) is 83.1 Å². The van der Waals surface area contributed by atoms with Crippen molar-refractivity contribution in [3.05, 3.63) is 0 Å². The molecule has 0 aliphatic carbocycles. The van der Waals surface area contributed by atoms with Crippen molar-refractivity contribution in [2.24, 2.45) is 0 Å². The zero-order valence-electron chi connectivity index (χ0n) is 25.3. The number of carbonyl (C=O) groups is 7. The fraction of sp³-hybridized carbons (Fsp3) is 0.741. The second kappa shape index (κ2) is 16.9. The number of unbranched alkanes of at least 4 members (excludes halogenated alkanes) is 5. The van der Waals surface area contributed by atoms with E-state index < -0.39 is 50.3 Å². The van der Waals surface area contributed by atoms with Gasteiger partial charge in [-0.2, -0.15) is 8.42 Å². The lowest BCUT2D eigenvalue weighted by Gasteiger charge is -2.32. The summed E-state index contributed by atoms with van der Waals surface area (Å²) in [5.41, 5.74) is 0. The normalized spacial score (nSPS) is 23.9. The van der Waals surface area contributed by atoms with Crippen molar-refractivity contribution in [2.75, 3.05) is 18.8 Å². The third-order valence-electron chi connectivity index (χ3n) is 7.96. The molecule has 0 bridgehead atoms. The molecule has 3 rings (SSSR count). The van der Waals surface area contributed by atoms with Gasteiger partial charge < -0.3 is 31.2 Å². The summed E-state index contributed by atoms with van der Waals surface area (Å²) in [7, 11) is -4.79. The number of nitrogens with zero attached hydrogens (tertiary/aromatic N) is 1. The molecule has 46 heavy (non-hydrogen) atoms. The lowest BCUT2D eigenvalue weighted by atomic mass is 9.88.